The summed E-state index contributed by atoms with van der Waals surface area (Å²) in [5.74, 6) is -1.97. The van der Waals surface area contributed by atoms with E-state index in [1.165, 1.54) is 16.7 Å². The number of rotatable bonds is 6. The minimum atomic E-state index is -0.756. The number of thioether (sulfide) groups is 1. The number of nitrogens with one attached hydrogen (secondary N) is 2. The van der Waals surface area contributed by atoms with Gasteiger partial charge in [-0.15, -0.1) is 0 Å². The van der Waals surface area contributed by atoms with E-state index in [0.717, 1.165) is 15.8 Å². The average Bonchev–Trinajstić information content (AvgIpc) is 3.43. The topological polar surface area (TPSA) is 109 Å². The molecule has 3 amide bonds. The maximum absolute atomic E-state index is 13.9. The summed E-state index contributed by atoms with van der Waals surface area (Å²) in [7, 11) is 0. The Bertz CT molecular complexity index is 1640. The Morgan fingerprint density at radius 3 is 2.44 bits per heavy atom. The summed E-state index contributed by atoms with van der Waals surface area (Å²) in [4.78, 5) is 57.0. The predicted molar refractivity (Wildman–Crippen MR) is 154 cm³/mol. The summed E-state index contributed by atoms with van der Waals surface area (Å²) in [6.45, 7) is -0.254. The van der Waals surface area contributed by atoms with E-state index in [1.54, 1.807) is 48.5 Å². The molecule has 0 saturated carbocycles. The van der Waals surface area contributed by atoms with Crippen molar-refractivity contribution < 1.29 is 19.1 Å². The van der Waals surface area contributed by atoms with Crippen LogP contribution < -0.4 is 19.8 Å². The molecule has 0 unspecified atom stereocenters. The van der Waals surface area contributed by atoms with Crippen molar-refractivity contribution >= 4 is 68.1 Å². The van der Waals surface area contributed by atoms with Crippen molar-refractivity contribution in [2.75, 3.05) is 16.8 Å². The van der Waals surface area contributed by atoms with Crippen LogP contribution in [-0.2, 0) is 14.4 Å². The number of carbonyl (C=O) groups excluding carboxylic acids is 3. The van der Waals surface area contributed by atoms with Gasteiger partial charge in [-0.2, -0.15) is 0 Å². The van der Waals surface area contributed by atoms with Crippen molar-refractivity contribution in [2.24, 2.45) is 5.92 Å². The maximum atomic E-state index is 13.9. The van der Waals surface area contributed by atoms with Gasteiger partial charge in [0.1, 0.15) is 11.0 Å². The first-order valence-electron chi connectivity index (χ1n) is 12.0. The quantitative estimate of drug-likeness (QED) is 0.293. The molecule has 6 rings (SSSR count). The van der Waals surface area contributed by atoms with Crippen LogP contribution in [-0.4, -0.2) is 34.6 Å². The number of thiazole rings is 1. The summed E-state index contributed by atoms with van der Waals surface area (Å²) in [5.41, 5.74) is 1.77. The molecule has 196 valence electrons. The molecule has 3 atom stereocenters. The van der Waals surface area contributed by atoms with E-state index in [1.807, 2.05) is 30.3 Å². The Labute approximate surface area is 239 Å². The zero-order valence-electron chi connectivity index (χ0n) is 20.1. The van der Waals surface area contributed by atoms with Crippen LogP contribution in [0.1, 0.15) is 16.4 Å². The number of amides is 3. The highest BCUT2D eigenvalue weighted by atomic mass is 79.9. The number of fused-ring (bicyclic) bond motifs is 2. The van der Waals surface area contributed by atoms with Crippen LogP contribution in [0.4, 0.5) is 11.4 Å². The summed E-state index contributed by atoms with van der Waals surface area (Å²) >= 11 is 5.63. The first-order valence-corrected chi connectivity index (χ1v) is 14.5. The highest BCUT2D eigenvalue weighted by Crippen LogP contribution is 2.54. The standard InChI is InChI=1S/C28H20BrN3O5S2/c29-15-10-12-17(13-11-15)32-26(34)22-21(23-25(31-28(36)39-23)38-24(22)27(32)35)18-8-4-5-9-19(18)37-14-20(33)30-16-6-2-1-3-7-16/h1-13,21-22,24H,14H2,(H,30,33)(H,31,36)/t21-,22-,24+/m0/s1. The van der Waals surface area contributed by atoms with Gasteiger partial charge in [0, 0.05) is 26.5 Å². The SMILES string of the molecule is O=C(COc1ccccc1[C@@H]1c2sc(=O)[nH]c2S[C@H]2C(=O)N(c3ccc(Br)cc3)C(=O)[C@@H]12)Nc1ccccc1. The van der Waals surface area contributed by atoms with Gasteiger partial charge in [-0.25, -0.2) is 4.90 Å². The first-order chi connectivity index (χ1) is 18.9. The van der Waals surface area contributed by atoms with Gasteiger partial charge in [-0.05, 0) is 42.5 Å². The molecule has 11 heteroatoms. The number of halogens is 1. The van der Waals surface area contributed by atoms with Crippen LogP contribution in [0, 0.1) is 5.92 Å². The molecular formula is C28H20BrN3O5S2. The number of aromatic nitrogens is 1. The van der Waals surface area contributed by atoms with Crippen LogP contribution >= 0.6 is 39.0 Å². The number of ether oxygens (including phenoxy) is 1. The monoisotopic (exact) mass is 621 g/mol. The average molecular weight is 623 g/mol. The molecule has 0 aliphatic carbocycles. The third-order valence-corrected chi connectivity index (χ3v) is 9.51. The van der Waals surface area contributed by atoms with Crippen molar-refractivity contribution in [2.45, 2.75) is 16.2 Å². The normalized spacial score (nSPS) is 19.9. The summed E-state index contributed by atoms with van der Waals surface area (Å²) in [6.07, 6.45) is 0. The fourth-order valence-corrected chi connectivity index (χ4v) is 7.70. The maximum Gasteiger partial charge on any atom is 0.305 e. The zero-order valence-corrected chi connectivity index (χ0v) is 23.3. The summed E-state index contributed by atoms with van der Waals surface area (Å²) < 4.78 is 6.79. The van der Waals surface area contributed by atoms with Crippen molar-refractivity contribution in [1.29, 1.82) is 0 Å². The minimum Gasteiger partial charge on any atom is -0.483 e. The molecule has 39 heavy (non-hydrogen) atoms. The molecule has 0 bridgehead atoms. The van der Waals surface area contributed by atoms with Gasteiger partial charge >= 0.3 is 4.87 Å². The van der Waals surface area contributed by atoms with E-state index in [0.29, 0.717) is 32.6 Å². The van der Waals surface area contributed by atoms with Crippen LogP contribution in [0.25, 0.3) is 0 Å². The Morgan fingerprint density at radius 1 is 0.949 bits per heavy atom. The van der Waals surface area contributed by atoms with Gasteiger partial charge in [0.2, 0.25) is 11.8 Å². The molecule has 3 heterocycles. The second-order valence-electron chi connectivity index (χ2n) is 8.98. The van der Waals surface area contributed by atoms with Crippen LogP contribution in [0.5, 0.6) is 5.75 Å². The lowest BCUT2D eigenvalue weighted by molar-refractivity contribution is -0.122. The van der Waals surface area contributed by atoms with Gasteiger partial charge in [0.15, 0.2) is 6.61 Å². The van der Waals surface area contributed by atoms with Crippen molar-refractivity contribution in [1.82, 2.24) is 4.98 Å². The van der Waals surface area contributed by atoms with Gasteiger partial charge < -0.3 is 15.0 Å². The lowest BCUT2D eigenvalue weighted by Crippen LogP contribution is -2.32. The number of hydrogen-bond donors (Lipinski definition) is 2. The molecule has 8 nitrogen and oxygen atoms in total. The number of imide groups is 1. The number of benzene rings is 3. The van der Waals surface area contributed by atoms with Gasteiger partial charge in [-0.3, -0.25) is 19.2 Å². The zero-order chi connectivity index (χ0) is 27.1. The number of aromatic amines is 1. The Morgan fingerprint density at radius 2 is 1.67 bits per heavy atom. The van der Waals surface area contributed by atoms with E-state index >= 15 is 0 Å². The smallest absolute Gasteiger partial charge is 0.305 e. The second kappa shape index (κ2) is 10.5. The fourth-order valence-electron chi connectivity index (χ4n) is 4.93. The van der Waals surface area contributed by atoms with Crippen LogP contribution in [0.2, 0.25) is 0 Å². The Kier molecular flexibility index (Phi) is 6.88. The number of hydrogen-bond acceptors (Lipinski definition) is 7. The molecule has 0 radical (unpaired) electrons. The van der Waals surface area contributed by atoms with Crippen molar-refractivity contribution in [3.05, 3.63) is 103 Å². The number of H-pyrrole nitrogens is 1. The Balaban J connectivity index is 1.35. The van der Waals surface area contributed by atoms with Crippen LogP contribution in [0.3, 0.4) is 0 Å². The lowest BCUT2D eigenvalue weighted by atomic mass is 9.82. The summed E-state index contributed by atoms with van der Waals surface area (Å²) in [6, 6.07) is 23.2. The molecule has 2 N–H and O–H groups in total. The number of para-hydroxylation sites is 2. The molecule has 2 aliphatic heterocycles. The molecule has 1 saturated heterocycles. The van der Waals surface area contributed by atoms with Gasteiger partial charge in [0.05, 0.1) is 16.6 Å². The Hall–Kier alpha value is -3.67. The van der Waals surface area contributed by atoms with E-state index in [4.69, 9.17) is 4.74 Å². The second-order valence-corrected chi connectivity index (χ2v) is 12.1. The molecule has 2 aliphatic rings. The molecule has 3 aromatic carbocycles. The highest BCUT2D eigenvalue weighted by molar-refractivity contribution is 9.10. The van der Waals surface area contributed by atoms with Crippen LogP contribution in [0.15, 0.2) is 93.2 Å². The van der Waals surface area contributed by atoms with Gasteiger partial charge in [-0.1, -0.05) is 75.4 Å². The summed E-state index contributed by atoms with van der Waals surface area (Å²) in [5, 5.41) is 2.64. The third kappa shape index (κ3) is 4.81. The van der Waals surface area contributed by atoms with E-state index in [-0.39, 0.29) is 29.2 Å². The number of nitrogens with zero attached hydrogens (tertiary/aromatic N) is 1. The van der Waals surface area contributed by atoms with Crippen molar-refractivity contribution in [3.63, 3.8) is 0 Å². The molecule has 0 spiro atoms. The number of carbonyl (C=O) groups is 3. The lowest BCUT2D eigenvalue weighted by Gasteiger charge is -2.30. The van der Waals surface area contributed by atoms with E-state index < -0.39 is 17.1 Å². The first kappa shape index (κ1) is 25.6. The minimum absolute atomic E-state index is 0.254. The van der Waals surface area contributed by atoms with E-state index in [2.05, 4.69) is 26.2 Å². The van der Waals surface area contributed by atoms with Crippen molar-refractivity contribution in [3.8, 4) is 5.75 Å². The largest absolute Gasteiger partial charge is 0.483 e. The number of anilines is 2. The molecule has 1 aromatic heterocycles. The third-order valence-electron chi connectivity index (χ3n) is 6.58. The molecular weight excluding hydrogens is 602 g/mol. The highest BCUT2D eigenvalue weighted by Gasteiger charge is 2.56. The molecule has 1 fully saturated rings. The van der Waals surface area contributed by atoms with E-state index in [9.17, 15) is 19.2 Å². The molecule has 4 aromatic rings. The fraction of sp³-hybridized carbons (Fsp3) is 0.143. The predicted octanol–water partition coefficient (Wildman–Crippen LogP) is 5.01. The van der Waals surface area contributed by atoms with Gasteiger partial charge in [0.25, 0.3) is 5.91 Å².